The Morgan fingerprint density at radius 1 is 1.12 bits per heavy atom. The molecule has 0 aliphatic heterocycles. The Labute approximate surface area is 189 Å². The number of amides is 1. The van der Waals surface area contributed by atoms with Gasteiger partial charge in [-0.15, -0.1) is 0 Å². The van der Waals surface area contributed by atoms with Crippen LogP contribution in [-0.4, -0.2) is 46.5 Å². The third-order valence-electron chi connectivity index (χ3n) is 5.14. The number of nitrogens with zero attached hydrogens (tertiary/aromatic N) is 1. The van der Waals surface area contributed by atoms with Gasteiger partial charge in [0, 0.05) is 21.8 Å². The minimum Gasteiger partial charge on any atom is -0.481 e. The summed E-state index contributed by atoms with van der Waals surface area (Å²) >= 11 is 6.15. The molecule has 0 radical (unpaired) electrons. The molecule has 0 saturated carbocycles. The lowest BCUT2D eigenvalue weighted by Gasteiger charge is -2.24. The van der Waals surface area contributed by atoms with Crippen molar-refractivity contribution >= 4 is 51.4 Å². The number of ether oxygens (including phenoxy) is 1. The maximum absolute atomic E-state index is 13.2. The summed E-state index contributed by atoms with van der Waals surface area (Å²) in [6.07, 6.45) is -2.55. The lowest BCUT2D eigenvalue weighted by atomic mass is 10.0. The predicted molar refractivity (Wildman–Crippen MR) is 120 cm³/mol. The van der Waals surface area contributed by atoms with Crippen LogP contribution in [0.4, 0.5) is 9.18 Å². The Balaban J connectivity index is 1.92. The summed E-state index contributed by atoms with van der Waals surface area (Å²) in [4.78, 5) is 37.0. The number of aromatic nitrogens is 1. The number of carboxylic acid groups (broad SMARTS) is 1. The van der Waals surface area contributed by atoms with Crippen LogP contribution in [0.5, 0.6) is 0 Å². The molecule has 1 aromatic heterocycles. The second-order valence-electron chi connectivity index (χ2n) is 7.84. The minimum absolute atomic E-state index is 0.151. The quantitative estimate of drug-likeness (QED) is 0.502. The molecule has 9 heteroatoms. The fourth-order valence-corrected chi connectivity index (χ4v) is 3.81. The second-order valence-corrected chi connectivity index (χ2v) is 8.28. The van der Waals surface area contributed by atoms with Gasteiger partial charge in [-0.2, -0.15) is 0 Å². The van der Waals surface area contributed by atoms with Gasteiger partial charge < -0.3 is 15.2 Å². The molecule has 32 heavy (non-hydrogen) atoms. The van der Waals surface area contributed by atoms with E-state index in [-0.39, 0.29) is 6.42 Å². The monoisotopic (exact) mass is 462 g/mol. The van der Waals surface area contributed by atoms with Gasteiger partial charge in [-0.3, -0.25) is 14.0 Å². The Hall–Kier alpha value is -3.13. The first kappa shape index (κ1) is 23.5. The molecular formula is C23H24ClFN2O5. The molecule has 0 bridgehead atoms. The van der Waals surface area contributed by atoms with Crippen LogP contribution in [-0.2, 0) is 14.3 Å². The van der Waals surface area contributed by atoms with E-state index in [1.165, 1.54) is 4.57 Å². The zero-order valence-corrected chi connectivity index (χ0v) is 18.4. The van der Waals surface area contributed by atoms with E-state index >= 15 is 0 Å². The molecule has 3 aromatic rings. The number of carbonyl (C=O) groups is 3. The molecule has 3 rings (SSSR count). The van der Waals surface area contributed by atoms with Gasteiger partial charge in [-0.05, 0) is 30.5 Å². The topological polar surface area (TPSA) is 97.6 Å². The number of alkyl halides is 1. The number of benzene rings is 2. The Morgan fingerprint density at radius 3 is 2.47 bits per heavy atom. The number of halogens is 2. The highest BCUT2D eigenvalue weighted by molar-refractivity contribution is 6.31. The average Bonchev–Trinajstić information content (AvgIpc) is 3.04. The number of aliphatic carboxylic acids is 1. The van der Waals surface area contributed by atoms with Crippen molar-refractivity contribution in [2.45, 2.75) is 38.8 Å². The van der Waals surface area contributed by atoms with Crippen molar-refractivity contribution in [2.75, 3.05) is 6.67 Å². The molecule has 1 heterocycles. The molecule has 170 valence electrons. The zero-order chi connectivity index (χ0) is 23.4. The molecule has 7 nitrogen and oxygen atoms in total. The van der Waals surface area contributed by atoms with Crippen LogP contribution >= 0.6 is 11.6 Å². The highest BCUT2D eigenvalue weighted by Crippen LogP contribution is 2.31. The lowest BCUT2D eigenvalue weighted by Crippen LogP contribution is -2.46. The van der Waals surface area contributed by atoms with Crippen molar-refractivity contribution in [3.8, 4) is 0 Å². The fraction of sp³-hybridized carbons (Fsp3) is 0.348. The van der Waals surface area contributed by atoms with Crippen molar-refractivity contribution in [3.05, 3.63) is 47.5 Å². The van der Waals surface area contributed by atoms with Crippen LogP contribution < -0.4 is 5.32 Å². The number of fused-ring (bicyclic) bond motifs is 3. The number of hydrogen-bond donors (Lipinski definition) is 2. The number of rotatable bonds is 8. The van der Waals surface area contributed by atoms with Gasteiger partial charge in [-0.1, -0.05) is 49.7 Å². The van der Waals surface area contributed by atoms with Gasteiger partial charge in [0.05, 0.1) is 24.1 Å². The SMILES string of the molecule is CC(C)[C@H](OC(=O)n1c2ccccc2c2ccc(Cl)cc21)C(=O)NC(CCF)CC(=O)O. The van der Waals surface area contributed by atoms with Crippen LogP contribution in [0.3, 0.4) is 0 Å². The predicted octanol–water partition coefficient (Wildman–Crippen LogP) is 4.78. The van der Waals surface area contributed by atoms with Crippen molar-refractivity contribution in [1.82, 2.24) is 9.88 Å². The third-order valence-corrected chi connectivity index (χ3v) is 5.37. The minimum atomic E-state index is -1.20. The van der Waals surface area contributed by atoms with E-state index in [0.29, 0.717) is 16.1 Å². The normalized spacial score (nSPS) is 13.3. The maximum atomic E-state index is 13.2. The van der Waals surface area contributed by atoms with Crippen LogP contribution in [0.1, 0.15) is 26.7 Å². The van der Waals surface area contributed by atoms with E-state index < -0.39 is 49.1 Å². The fourth-order valence-electron chi connectivity index (χ4n) is 3.65. The second kappa shape index (κ2) is 9.99. The Kier molecular flexibility index (Phi) is 7.35. The average molecular weight is 463 g/mol. The maximum Gasteiger partial charge on any atom is 0.419 e. The third kappa shape index (κ3) is 5.02. The molecule has 1 unspecified atom stereocenters. The Bertz CT molecular complexity index is 1160. The number of hydrogen-bond acceptors (Lipinski definition) is 4. The van der Waals surface area contributed by atoms with Crippen molar-refractivity contribution in [3.63, 3.8) is 0 Å². The molecular weight excluding hydrogens is 439 g/mol. The molecule has 2 aromatic carbocycles. The van der Waals surface area contributed by atoms with Crippen LogP contribution in [0, 0.1) is 5.92 Å². The van der Waals surface area contributed by atoms with Gasteiger partial charge in [0.2, 0.25) is 0 Å². The molecule has 2 atom stereocenters. The summed E-state index contributed by atoms with van der Waals surface area (Å²) in [6.45, 7) is 2.61. The van der Waals surface area contributed by atoms with Crippen molar-refractivity contribution < 1.29 is 28.6 Å². The van der Waals surface area contributed by atoms with E-state index in [2.05, 4.69) is 5.32 Å². The first-order valence-corrected chi connectivity index (χ1v) is 10.6. The molecule has 0 aliphatic carbocycles. The van der Waals surface area contributed by atoms with Gasteiger partial charge >= 0.3 is 12.1 Å². The first-order valence-electron chi connectivity index (χ1n) is 10.2. The molecule has 0 saturated heterocycles. The van der Waals surface area contributed by atoms with E-state index in [1.807, 2.05) is 18.2 Å². The van der Waals surface area contributed by atoms with Gasteiger partial charge in [0.15, 0.2) is 6.10 Å². The van der Waals surface area contributed by atoms with Gasteiger partial charge in [0.1, 0.15) is 0 Å². The smallest absolute Gasteiger partial charge is 0.419 e. The summed E-state index contributed by atoms with van der Waals surface area (Å²) in [5.74, 6) is -2.25. The lowest BCUT2D eigenvalue weighted by molar-refractivity contribution is -0.138. The molecule has 0 fully saturated rings. The summed E-state index contributed by atoms with van der Waals surface area (Å²) in [7, 11) is 0. The zero-order valence-electron chi connectivity index (χ0n) is 17.7. The number of para-hydroxylation sites is 1. The van der Waals surface area contributed by atoms with Crippen LogP contribution in [0.15, 0.2) is 42.5 Å². The summed E-state index contributed by atoms with van der Waals surface area (Å²) < 4.78 is 19.7. The summed E-state index contributed by atoms with van der Waals surface area (Å²) in [5.41, 5.74) is 1.13. The van der Waals surface area contributed by atoms with E-state index in [9.17, 15) is 18.8 Å². The Morgan fingerprint density at radius 2 is 1.81 bits per heavy atom. The van der Waals surface area contributed by atoms with E-state index in [4.69, 9.17) is 21.4 Å². The number of carbonyl (C=O) groups excluding carboxylic acids is 2. The highest BCUT2D eigenvalue weighted by Gasteiger charge is 2.30. The first-order chi connectivity index (χ1) is 15.2. The van der Waals surface area contributed by atoms with Crippen LogP contribution in [0.2, 0.25) is 5.02 Å². The highest BCUT2D eigenvalue weighted by atomic mass is 35.5. The summed E-state index contributed by atoms with van der Waals surface area (Å²) in [5, 5.41) is 13.6. The van der Waals surface area contributed by atoms with Crippen molar-refractivity contribution in [2.24, 2.45) is 5.92 Å². The summed E-state index contributed by atoms with van der Waals surface area (Å²) in [6, 6.07) is 11.5. The van der Waals surface area contributed by atoms with Gasteiger partial charge in [0.25, 0.3) is 5.91 Å². The number of nitrogens with one attached hydrogen (secondary N) is 1. The van der Waals surface area contributed by atoms with Crippen LogP contribution in [0.25, 0.3) is 21.8 Å². The molecule has 1 amide bonds. The van der Waals surface area contributed by atoms with E-state index in [0.717, 1.165) is 10.8 Å². The van der Waals surface area contributed by atoms with E-state index in [1.54, 1.807) is 38.1 Å². The molecule has 0 aliphatic rings. The van der Waals surface area contributed by atoms with Gasteiger partial charge in [-0.25, -0.2) is 9.36 Å². The molecule has 2 N–H and O–H groups in total. The number of carboxylic acids is 1. The van der Waals surface area contributed by atoms with Crippen molar-refractivity contribution in [1.29, 1.82) is 0 Å². The largest absolute Gasteiger partial charge is 0.481 e. The molecule has 0 spiro atoms. The standard InChI is InChI=1S/C23H24ClFN2O5/c1-13(2)21(22(30)26-15(9-10-25)12-20(28)29)32-23(31)27-18-6-4-3-5-16(18)17-8-7-14(24)11-19(17)27/h3-8,11,13,15,21H,9-10,12H2,1-2H3,(H,26,30)(H,28,29)/t15?,21-/m0/s1.